The van der Waals surface area contributed by atoms with Crippen LogP contribution in [-0.4, -0.2) is 13.4 Å². The summed E-state index contributed by atoms with van der Waals surface area (Å²) in [7, 11) is -3.98. The Morgan fingerprint density at radius 2 is 1.81 bits per heavy atom. The van der Waals surface area contributed by atoms with Gasteiger partial charge in [0.25, 0.3) is 10.0 Å². The predicted molar refractivity (Wildman–Crippen MR) is 79.3 cm³/mol. The van der Waals surface area contributed by atoms with Gasteiger partial charge in [0.2, 0.25) is 0 Å². The van der Waals surface area contributed by atoms with Crippen molar-refractivity contribution in [2.45, 2.75) is 4.90 Å². The van der Waals surface area contributed by atoms with Crippen LogP contribution in [0.3, 0.4) is 0 Å². The van der Waals surface area contributed by atoms with Crippen LogP contribution in [0.1, 0.15) is 0 Å². The van der Waals surface area contributed by atoms with Gasteiger partial charge in [0.1, 0.15) is 11.6 Å². The lowest BCUT2D eigenvalue weighted by Crippen LogP contribution is -2.15. The number of hydrogen-bond acceptors (Lipinski definition) is 5. The lowest BCUT2D eigenvalue weighted by Gasteiger charge is -2.12. The molecule has 0 aliphatic heterocycles. The van der Waals surface area contributed by atoms with Gasteiger partial charge in [-0.2, -0.15) is 0 Å². The van der Waals surface area contributed by atoms with Crippen molar-refractivity contribution < 1.29 is 12.8 Å². The number of nitrogen functional groups attached to an aromatic ring is 1. The second-order valence-corrected chi connectivity index (χ2v) is 6.37. The van der Waals surface area contributed by atoms with E-state index in [1.165, 1.54) is 18.3 Å². The monoisotopic (exact) mass is 350 g/mol. The number of rotatable bonds is 4. The van der Waals surface area contributed by atoms with Crippen LogP contribution in [0.5, 0.6) is 0 Å². The number of anilines is 2. The zero-order valence-corrected chi connectivity index (χ0v) is 12.6. The Morgan fingerprint density at radius 1 is 1.19 bits per heavy atom. The highest BCUT2D eigenvalue weighted by Gasteiger charge is 2.19. The van der Waals surface area contributed by atoms with E-state index in [2.05, 4.69) is 15.1 Å². The molecule has 112 valence electrons. The van der Waals surface area contributed by atoms with E-state index in [0.29, 0.717) is 0 Å². The topological polar surface area (TPSA) is 97.1 Å². The van der Waals surface area contributed by atoms with Crippen molar-refractivity contribution in [1.82, 2.24) is 4.98 Å². The van der Waals surface area contributed by atoms with E-state index < -0.39 is 15.8 Å². The molecule has 21 heavy (non-hydrogen) atoms. The van der Waals surface area contributed by atoms with E-state index in [1.54, 1.807) is 0 Å². The van der Waals surface area contributed by atoms with Gasteiger partial charge in [0.05, 0.1) is 20.6 Å². The minimum Gasteiger partial charge on any atom is -0.308 e. The fourth-order valence-corrected chi connectivity index (χ4v) is 3.27. The quantitative estimate of drug-likeness (QED) is 0.581. The highest BCUT2D eigenvalue weighted by Crippen LogP contribution is 2.33. The summed E-state index contributed by atoms with van der Waals surface area (Å²) in [5, 5.41) is -0.315. The molecule has 0 spiro atoms. The standard InChI is InChI=1S/C11H9Cl2FN4O2S/c12-8-3-6(14)4-9(13)11(8)18-21(19,20)7-1-2-16-10(5-7)17-15/h1-5,18H,15H2,(H,16,17). The second kappa shape index (κ2) is 6.02. The molecule has 0 saturated carbocycles. The van der Waals surface area contributed by atoms with Crippen LogP contribution in [0, 0.1) is 5.82 Å². The molecular formula is C11H9Cl2FN4O2S. The summed E-state index contributed by atoms with van der Waals surface area (Å²) in [4.78, 5) is 3.69. The Bertz CT molecular complexity index is 763. The van der Waals surface area contributed by atoms with Crippen LogP contribution in [0.25, 0.3) is 0 Å². The van der Waals surface area contributed by atoms with Gasteiger partial charge < -0.3 is 5.43 Å². The summed E-state index contributed by atoms with van der Waals surface area (Å²) in [5.41, 5.74) is 2.12. The van der Waals surface area contributed by atoms with Gasteiger partial charge in [-0.05, 0) is 18.2 Å². The molecule has 0 radical (unpaired) electrons. The van der Waals surface area contributed by atoms with Gasteiger partial charge in [-0.25, -0.2) is 23.6 Å². The zero-order chi connectivity index (χ0) is 15.6. The first-order chi connectivity index (χ1) is 9.83. The molecule has 0 bridgehead atoms. The summed E-state index contributed by atoms with van der Waals surface area (Å²) in [6.45, 7) is 0. The van der Waals surface area contributed by atoms with Crippen molar-refractivity contribution >= 4 is 44.7 Å². The molecule has 0 amide bonds. The average Bonchev–Trinajstić information content (AvgIpc) is 2.43. The van der Waals surface area contributed by atoms with Gasteiger partial charge in [0, 0.05) is 12.3 Å². The third-order valence-electron chi connectivity index (χ3n) is 2.43. The number of sulfonamides is 1. The highest BCUT2D eigenvalue weighted by molar-refractivity contribution is 7.92. The molecule has 1 aromatic carbocycles. The Kier molecular flexibility index (Phi) is 4.52. The number of halogens is 3. The van der Waals surface area contributed by atoms with E-state index >= 15 is 0 Å². The molecule has 0 saturated heterocycles. The fraction of sp³-hybridized carbons (Fsp3) is 0. The van der Waals surface area contributed by atoms with Gasteiger partial charge in [-0.3, -0.25) is 4.72 Å². The summed E-state index contributed by atoms with van der Waals surface area (Å²) in [6.07, 6.45) is 1.26. The number of hydrazine groups is 1. The van der Waals surface area contributed by atoms with E-state index in [9.17, 15) is 12.8 Å². The van der Waals surface area contributed by atoms with E-state index in [1.807, 2.05) is 0 Å². The first-order valence-corrected chi connectivity index (χ1v) is 7.67. The molecule has 4 N–H and O–H groups in total. The van der Waals surface area contributed by atoms with Gasteiger partial charge in [0.15, 0.2) is 0 Å². The Morgan fingerprint density at radius 3 is 2.38 bits per heavy atom. The number of nitrogens with two attached hydrogens (primary N) is 1. The molecule has 0 atom stereocenters. The lowest BCUT2D eigenvalue weighted by molar-refractivity contribution is 0.601. The number of pyridine rings is 1. The first kappa shape index (κ1) is 15.8. The number of nitrogens with one attached hydrogen (secondary N) is 2. The van der Waals surface area contributed by atoms with Crippen molar-refractivity contribution in [2.75, 3.05) is 10.1 Å². The van der Waals surface area contributed by atoms with E-state index in [4.69, 9.17) is 29.0 Å². The Hall–Kier alpha value is -1.61. The minimum atomic E-state index is -3.98. The highest BCUT2D eigenvalue weighted by atomic mass is 35.5. The van der Waals surface area contributed by atoms with Crippen molar-refractivity contribution in [1.29, 1.82) is 0 Å². The molecule has 0 fully saturated rings. The molecule has 1 aromatic heterocycles. The van der Waals surface area contributed by atoms with Gasteiger partial charge in [-0.15, -0.1) is 0 Å². The summed E-state index contributed by atoms with van der Waals surface area (Å²) >= 11 is 11.6. The molecular weight excluding hydrogens is 342 g/mol. The van der Waals surface area contributed by atoms with E-state index in [0.717, 1.165) is 12.1 Å². The van der Waals surface area contributed by atoms with Crippen LogP contribution < -0.4 is 16.0 Å². The van der Waals surface area contributed by atoms with Crippen molar-refractivity contribution in [2.24, 2.45) is 5.84 Å². The third-order valence-corrected chi connectivity index (χ3v) is 4.38. The number of hydrogen-bond donors (Lipinski definition) is 3. The van der Waals surface area contributed by atoms with Crippen molar-refractivity contribution in [3.63, 3.8) is 0 Å². The molecule has 2 rings (SSSR count). The molecule has 10 heteroatoms. The van der Waals surface area contributed by atoms with E-state index in [-0.39, 0.29) is 26.4 Å². The molecule has 6 nitrogen and oxygen atoms in total. The molecule has 1 heterocycles. The van der Waals surface area contributed by atoms with Crippen LogP contribution in [0.2, 0.25) is 10.0 Å². The van der Waals surface area contributed by atoms with Crippen LogP contribution >= 0.6 is 23.2 Å². The SMILES string of the molecule is NNc1cc(S(=O)(=O)Nc2c(Cl)cc(F)cc2Cl)ccn1. The minimum absolute atomic E-state index is 0.109. The molecule has 0 aliphatic rings. The molecule has 2 aromatic rings. The maximum absolute atomic E-state index is 13.1. The normalized spacial score (nSPS) is 11.2. The van der Waals surface area contributed by atoms with Crippen molar-refractivity contribution in [3.05, 3.63) is 46.3 Å². The van der Waals surface area contributed by atoms with Crippen LogP contribution in [0.4, 0.5) is 15.9 Å². The fourth-order valence-electron chi connectivity index (χ4n) is 1.49. The van der Waals surface area contributed by atoms with Gasteiger partial charge in [-0.1, -0.05) is 23.2 Å². The number of benzene rings is 1. The Balaban J connectivity index is 2.42. The predicted octanol–water partition coefficient (Wildman–Crippen LogP) is 2.61. The smallest absolute Gasteiger partial charge is 0.262 e. The molecule has 0 unspecified atom stereocenters. The third kappa shape index (κ3) is 3.53. The number of aromatic nitrogens is 1. The Labute approximate surface area is 130 Å². The van der Waals surface area contributed by atoms with Gasteiger partial charge >= 0.3 is 0 Å². The van der Waals surface area contributed by atoms with Crippen molar-refractivity contribution in [3.8, 4) is 0 Å². The zero-order valence-electron chi connectivity index (χ0n) is 10.3. The maximum atomic E-state index is 13.1. The van der Waals surface area contributed by atoms with Crippen LogP contribution in [0.15, 0.2) is 35.4 Å². The first-order valence-electron chi connectivity index (χ1n) is 5.43. The van der Waals surface area contributed by atoms with Crippen LogP contribution in [-0.2, 0) is 10.0 Å². The molecule has 0 aliphatic carbocycles. The average molecular weight is 351 g/mol. The summed E-state index contributed by atoms with van der Waals surface area (Å²) in [5.74, 6) is 4.65. The number of nitrogens with zero attached hydrogens (tertiary/aromatic N) is 1. The second-order valence-electron chi connectivity index (χ2n) is 3.87. The lowest BCUT2D eigenvalue weighted by atomic mass is 10.3. The largest absolute Gasteiger partial charge is 0.308 e. The summed E-state index contributed by atoms with van der Waals surface area (Å²) < 4.78 is 39.8. The summed E-state index contributed by atoms with van der Waals surface area (Å²) in [6, 6.07) is 4.37. The maximum Gasteiger partial charge on any atom is 0.262 e.